The number of halogens is 2. The summed E-state index contributed by atoms with van der Waals surface area (Å²) in [5, 5.41) is 1.09. The number of rotatable bonds is 5. The zero-order chi connectivity index (χ0) is 16.1. The van der Waals surface area contributed by atoms with Gasteiger partial charge in [-0.2, -0.15) is 0 Å². The summed E-state index contributed by atoms with van der Waals surface area (Å²) in [5.41, 5.74) is 0. The fourth-order valence-electron chi connectivity index (χ4n) is 2.83. The van der Waals surface area contributed by atoms with Crippen LogP contribution in [0.3, 0.4) is 0 Å². The molecular weight excluding hydrogens is 321 g/mol. The molecule has 2 heterocycles. The molecule has 2 rings (SSSR count). The molecule has 1 saturated heterocycles. The first-order chi connectivity index (χ1) is 10.5. The summed E-state index contributed by atoms with van der Waals surface area (Å²) in [5.74, 6) is 1.47. The lowest BCUT2D eigenvalue weighted by Crippen LogP contribution is -2.49. The summed E-state index contributed by atoms with van der Waals surface area (Å²) in [6.07, 6.45) is 4.49. The Morgan fingerprint density at radius 1 is 1.32 bits per heavy atom. The van der Waals surface area contributed by atoms with Gasteiger partial charge in [-0.25, -0.2) is 4.98 Å². The molecule has 22 heavy (non-hydrogen) atoms. The SMILES string of the molecule is CCCC(C)CC(=O)N1CCN(c2ncc(Cl)cc2Cl)CC1. The zero-order valence-electron chi connectivity index (χ0n) is 13.2. The third-order valence-electron chi connectivity index (χ3n) is 4.02. The average Bonchev–Trinajstić information content (AvgIpc) is 2.47. The fourth-order valence-corrected chi connectivity index (χ4v) is 3.33. The third kappa shape index (κ3) is 4.50. The number of piperazine rings is 1. The second-order valence-corrected chi connectivity index (χ2v) is 6.77. The maximum atomic E-state index is 12.3. The molecule has 0 N–H and O–H groups in total. The van der Waals surface area contributed by atoms with Gasteiger partial charge in [0.25, 0.3) is 0 Å². The van der Waals surface area contributed by atoms with E-state index >= 15 is 0 Å². The molecule has 6 heteroatoms. The van der Waals surface area contributed by atoms with Crippen LogP contribution in [0.2, 0.25) is 10.0 Å². The quantitative estimate of drug-likeness (QED) is 0.814. The Bertz CT molecular complexity index is 516. The molecule has 1 amide bonds. The van der Waals surface area contributed by atoms with Crippen LogP contribution in [-0.4, -0.2) is 42.0 Å². The second kappa shape index (κ2) is 8.02. The number of pyridine rings is 1. The molecule has 0 aromatic carbocycles. The van der Waals surface area contributed by atoms with Gasteiger partial charge in [-0.15, -0.1) is 0 Å². The van der Waals surface area contributed by atoms with Gasteiger partial charge >= 0.3 is 0 Å². The Labute approximate surface area is 142 Å². The van der Waals surface area contributed by atoms with Crippen LogP contribution in [0.1, 0.15) is 33.1 Å². The van der Waals surface area contributed by atoms with Crippen LogP contribution in [0.4, 0.5) is 5.82 Å². The van der Waals surface area contributed by atoms with Crippen molar-refractivity contribution >= 4 is 34.9 Å². The Morgan fingerprint density at radius 2 is 2.00 bits per heavy atom. The molecule has 1 aromatic rings. The number of carbonyl (C=O) groups excluding carboxylic acids is 1. The molecular formula is C16H23Cl2N3O. The molecule has 0 bridgehead atoms. The molecule has 1 aliphatic rings. The van der Waals surface area contributed by atoms with Crippen molar-refractivity contribution in [2.75, 3.05) is 31.1 Å². The molecule has 122 valence electrons. The molecule has 1 atom stereocenters. The molecule has 4 nitrogen and oxygen atoms in total. The second-order valence-electron chi connectivity index (χ2n) is 5.92. The van der Waals surface area contributed by atoms with Gasteiger partial charge in [0.1, 0.15) is 5.82 Å². The highest BCUT2D eigenvalue weighted by atomic mass is 35.5. The summed E-state index contributed by atoms with van der Waals surface area (Å²) >= 11 is 12.1. The van der Waals surface area contributed by atoms with Crippen molar-refractivity contribution in [2.24, 2.45) is 5.92 Å². The lowest BCUT2D eigenvalue weighted by atomic mass is 10.0. The van der Waals surface area contributed by atoms with Gasteiger partial charge < -0.3 is 9.80 Å². The van der Waals surface area contributed by atoms with E-state index in [-0.39, 0.29) is 5.91 Å². The van der Waals surface area contributed by atoms with Crippen LogP contribution >= 0.6 is 23.2 Å². The predicted molar refractivity (Wildman–Crippen MR) is 91.7 cm³/mol. The number of hydrogen-bond donors (Lipinski definition) is 0. The third-order valence-corrected chi connectivity index (χ3v) is 4.51. The van der Waals surface area contributed by atoms with E-state index in [1.807, 2.05) is 4.90 Å². The minimum absolute atomic E-state index is 0.260. The topological polar surface area (TPSA) is 36.4 Å². The van der Waals surface area contributed by atoms with Crippen molar-refractivity contribution in [3.05, 3.63) is 22.3 Å². The zero-order valence-corrected chi connectivity index (χ0v) is 14.7. The first-order valence-electron chi connectivity index (χ1n) is 7.85. The van der Waals surface area contributed by atoms with E-state index in [2.05, 4.69) is 23.7 Å². The van der Waals surface area contributed by atoms with Gasteiger partial charge in [0.2, 0.25) is 5.91 Å². The van der Waals surface area contributed by atoms with Gasteiger partial charge in [0.15, 0.2) is 0 Å². The van der Waals surface area contributed by atoms with Crippen molar-refractivity contribution in [3.63, 3.8) is 0 Å². The van der Waals surface area contributed by atoms with Gasteiger partial charge in [0.05, 0.1) is 10.0 Å². The van der Waals surface area contributed by atoms with Crippen molar-refractivity contribution in [1.82, 2.24) is 9.88 Å². The Kier molecular flexibility index (Phi) is 6.33. The summed E-state index contributed by atoms with van der Waals surface area (Å²) in [7, 11) is 0. The van der Waals surface area contributed by atoms with E-state index < -0.39 is 0 Å². The van der Waals surface area contributed by atoms with Crippen LogP contribution < -0.4 is 4.90 Å². The number of anilines is 1. The number of aromatic nitrogens is 1. The van der Waals surface area contributed by atoms with E-state index in [1.54, 1.807) is 12.3 Å². The maximum Gasteiger partial charge on any atom is 0.222 e. The predicted octanol–water partition coefficient (Wildman–Crippen LogP) is 3.86. The first kappa shape index (κ1) is 17.4. The Morgan fingerprint density at radius 3 is 2.59 bits per heavy atom. The van der Waals surface area contributed by atoms with Crippen LogP contribution in [0.15, 0.2) is 12.3 Å². The fraction of sp³-hybridized carbons (Fsp3) is 0.625. The highest BCUT2D eigenvalue weighted by Gasteiger charge is 2.24. The van der Waals surface area contributed by atoms with Crippen LogP contribution in [0, 0.1) is 5.92 Å². The van der Waals surface area contributed by atoms with Gasteiger partial charge in [0, 0.05) is 38.8 Å². The molecule has 1 aromatic heterocycles. The highest BCUT2D eigenvalue weighted by Crippen LogP contribution is 2.27. The van der Waals surface area contributed by atoms with E-state index in [0.29, 0.717) is 22.4 Å². The minimum atomic E-state index is 0.260. The molecule has 0 saturated carbocycles. The van der Waals surface area contributed by atoms with E-state index in [0.717, 1.165) is 44.8 Å². The van der Waals surface area contributed by atoms with Crippen LogP contribution in [0.25, 0.3) is 0 Å². The summed E-state index contributed by atoms with van der Waals surface area (Å²) in [4.78, 5) is 20.6. The van der Waals surface area contributed by atoms with Gasteiger partial charge in [-0.05, 0) is 12.0 Å². The molecule has 1 aliphatic heterocycles. The van der Waals surface area contributed by atoms with Gasteiger partial charge in [-0.1, -0.05) is 49.9 Å². The largest absolute Gasteiger partial charge is 0.352 e. The van der Waals surface area contributed by atoms with E-state index in [1.165, 1.54) is 0 Å². The lowest BCUT2D eigenvalue weighted by molar-refractivity contribution is -0.132. The molecule has 0 aliphatic carbocycles. The highest BCUT2D eigenvalue weighted by molar-refractivity contribution is 6.36. The summed E-state index contributed by atoms with van der Waals surface area (Å²) < 4.78 is 0. The van der Waals surface area contributed by atoms with Crippen molar-refractivity contribution in [2.45, 2.75) is 33.1 Å². The molecule has 1 unspecified atom stereocenters. The normalized spacial score (nSPS) is 16.7. The Hall–Kier alpha value is -1.000. The van der Waals surface area contributed by atoms with Gasteiger partial charge in [-0.3, -0.25) is 4.79 Å². The number of amides is 1. The number of carbonyl (C=O) groups is 1. The summed E-state index contributed by atoms with van der Waals surface area (Å²) in [6.45, 7) is 7.25. The van der Waals surface area contributed by atoms with Crippen molar-refractivity contribution in [3.8, 4) is 0 Å². The number of hydrogen-bond acceptors (Lipinski definition) is 3. The molecule has 0 spiro atoms. The van der Waals surface area contributed by atoms with E-state index in [4.69, 9.17) is 23.2 Å². The molecule has 0 radical (unpaired) electrons. The van der Waals surface area contributed by atoms with Crippen molar-refractivity contribution in [1.29, 1.82) is 0 Å². The minimum Gasteiger partial charge on any atom is -0.352 e. The van der Waals surface area contributed by atoms with E-state index in [9.17, 15) is 4.79 Å². The monoisotopic (exact) mass is 343 g/mol. The van der Waals surface area contributed by atoms with Crippen molar-refractivity contribution < 1.29 is 4.79 Å². The first-order valence-corrected chi connectivity index (χ1v) is 8.60. The summed E-state index contributed by atoms with van der Waals surface area (Å²) in [6, 6.07) is 1.70. The smallest absolute Gasteiger partial charge is 0.222 e. The lowest BCUT2D eigenvalue weighted by Gasteiger charge is -2.36. The average molecular weight is 344 g/mol. The number of nitrogens with zero attached hydrogens (tertiary/aromatic N) is 3. The van der Waals surface area contributed by atoms with Crippen LogP contribution in [0.5, 0.6) is 0 Å². The maximum absolute atomic E-state index is 12.3. The molecule has 1 fully saturated rings. The standard InChI is InChI=1S/C16H23Cl2N3O/c1-3-4-12(2)9-15(22)20-5-7-21(8-6-20)16-14(18)10-13(17)11-19-16/h10-12H,3-9H2,1-2H3. The Balaban J connectivity index is 1.88. The van der Waals surface area contributed by atoms with Crippen LogP contribution in [-0.2, 0) is 4.79 Å².